The zero-order valence-corrected chi connectivity index (χ0v) is 11.8. The van der Waals surface area contributed by atoms with Crippen molar-refractivity contribution in [3.05, 3.63) is 29.8 Å². The Hall–Kier alpha value is -1.35. The van der Waals surface area contributed by atoms with Crippen LogP contribution in [0.1, 0.15) is 37.7 Å². The van der Waals surface area contributed by atoms with Gasteiger partial charge in [-0.25, -0.2) is 4.99 Å². The van der Waals surface area contributed by atoms with E-state index >= 15 is 0 Å². The summed E-state index contributed by atoms with van der Waals surface area (Å²) < 4.78 is 5.14. The van der Waals surface area contributed by atoms with Crippen LogP contribution in [0.3, 0.4) is 0 Å². The molecule has 0 saturated heterocycles. The van der Waals surface area contributed by atoms with Gasteiger partial charge in [-0.05, 0) is 30.9 Å². The molecule has 0 bridgehead atoms. The highest BCUT2D eigenvalue weighted by molar-refractivity contribution is 5.85. The Kier molecular flexibility index (Phi) is 5.40. The van der Waals surface area contributed by atoms with Crippen LogP contribution < -0.4 is 5.73 Å². The molecule has 104 valence electrons. The zero-order valence-electron chi connectivity index (χ0n) is 11.8. The summed E-state index contributed by atoms with van der Waals surface area (Å²) in [5, 5.41) is 0. The summed E-state index contributed by atoms with van der Waals surface area (Å²) in [5.74, 6) is 1.29. The molecule has 0 aliphatic heterocycles. The maximum absolute atomic E-state index is 6.20. The number of nitrogens with zero attached hydrogens (tertiary/aromatic N) is 1. The van der Waals surface area contributed by atoms with Crippen LogP contribution in [0, 0.1) is 5.92 Å². The van der Waals surface area contributed by atoms with E-state index in [0.717, 1.165) is 24.6 Å². The van der Waals surface area contributed by atoms with Crippen molar-refractivity contribution in [3.63, 3.8) is 0 Å². The molecule has 1 aromatic carbocycles. The summed E-state index contributed by atoms with van der Waals surface area (Å²) in [6.45, 7) is 0.718. The van der Waals surface area contributed by atoms with E-state index in [2.05, 4.69) is 11.1 Å². The Labute approximate surface area is 115 Å². The van der Waals surface area contributed by atoms with Crippen LogP contribution in [0.15, 0.2) is 29.3 Å². The van der Waals surface area contributed by atoms with Crippen molar-refractivity contribution in [2.24, 2.45) is 16.6 Å². The van der Waals surface area contributed by atoms with Crippen molar-refractivity contribution >= 4 is 11.5 Å². The van der Waals surface area contributed by atoms with Gasteiger partial charge in [-0.3, -0.25) is 0 Å². The first-order valence-corrected chi connectivity index (χ1v) is 7.22. The lowest BCUT2D eigenvalue weighted by atomic mass is 9.88. The predicted molar refractivity (Wildman–Crippen MR) is 79.9 cm³/mol. The van der Waals surface area contributed by atoms with E-state index in [9.17, 15) is 0 Å². The molecule has 3 heteroatoms. The van der Waals surface area contributed by atoms with Crippen LogP contribution in [-0.2, 0) is 11.2 Å². The summed E-state index contributed by atoms with van der Waals surface area (Å²) in [6.07, 6.45) is 7.17. The Bertz CT molecular complexity index is 423. The van der Waals surface area contributed by atoms with Gasteiger partial charge < -0.3 is 10.5 Å². The lowest BCUT2D eigenvalue weighted by molar-refractivity contribution is 0.202. The number of hydrogen-bond donors (Lipinski definition) is 1. The van der Waals surface area contributed by atoms with E-state index < -0.39 is 0 Å². The lowest BCUT2D eigenvalue weighted by Crippen LogP contribution is -2.25. The van der Waals surface area contributed by atoms with Gasteiger partial charge in [-0.2, -0.15) is 0 Å². The van der Waals surface area contributed by atoms with E-state index in [4.69, 9.17) is 10.5 Å². The normalized spacial score (nSPS) is 17.6. The van der Waals surface area contributed by atoms with Crippen LogP contribution in [0.2, 0.25) is 0 Å². The number of hydrogen-bond acceptors (Lipinski definition) is 2. The molecule has 0 amide bonds. The van der Waals surface area contributed by atoms with E-state index in [1.54, 1.807) is 7.11 Å². The van der Waals surface area contributed by atoms with E-state index in [1.807, 2.05) is 18.2 Å². The second kappa shape index (κ2) is 7.29. The first kappa shape index (κ1) is 14.1. The standard InChI is InChI=1S/C16H24N2O/c1-19-12-11-13-7-5-6-10-15(13)18-16(17)14-8-3-2-4-9-14/h5-7,10,14H,2-4,8-9,11-12H2,1H3,(H2,17,18). The van der Waals surface area contributed by atoms with Gasteiger partial charge in [-0.1, -0.05) is 37.5 Å². The number of amidine groups is 1. The molecule has 0 spiro atoms. The average Bonchev–Trinajstić information content (AvgIpc) is 2.47. The maximum Gasteiger partial charge on any atom is 0.103 e. The maximum atomic E-state index is 6.20. The summed E-state index contributed by atoms with van der Waals surface area (Å²) in [7, 11) is 1.72. The minimum absolute atomic E-state index is 0.476. The molecule has 0 heterocycles. The molecular weight excluding hydrogens is 236 g/mol. The summed E-state index contributed by atoms with van der Waals surface area (Å²) in [6, 6.07) is 8.21. The fraction of sp³-hybridized carbons (Fsp3) is 0.562. The third kappa shape index (κ3) is 4.06. The smallest absolute Gasteiger partial charge is 0.103 e. The number of ether oxygens (including phenoxy) is 1. The number of nitrogens with two attached hydrogens (primary N) is 1. The molecule has 0 aromatic heterocycles. The largest absolute Gasteiger partial charge is 0.387 e. The molecular formula is C16H24N2O. The van der Waals surface area contributed by atoms with Crippen LogP contribution in [0.25, 0.3) is 0 Å². The third-order valence-electron chi connectivity index (χ3n) is 3.84. The molecule has 1 fully saturated rings. The zero-order chi connectivity index (χ0) is 13.5. The summed E-state index contributed by atoms with van der Waals surface area (Å²) >= 11 is 0. The van der Waals surface area contributed by atoms with Gasteiger partial charge in [-0.15, -0.1) is 0 Å². The third-order valence-corrected chi connectivity index (χ3v) is 3.84. The molecule has 3 nitrogen and oxygen atoms in total. The molecule has 0 unspecified atom stereocenters. The second-order valence-electron chi connectivity index (χ2n) is 5.24. The van der Waals surface area contributed by atoms with Crippen molar-refractivity contribution in [2.75, 3.05) is 13.7 Å². The quantitative estimate of drug-likeness (QED) is 0.651. The Balaban J connectivity index is 2.11. The number of benzene rings is 1. The monoisotopic (exact) mass is 260 g/mol. The van der Waals surface area contributed by atoms with Gasteiger partial charge in [0.25, 0.3) is 0 Å². The number of aliphatic imine (C=N–C) groups is 1. The van der Waals surface area contributed by atoms with Gasteiger partial charge in [0.1, 0.15) is 5.84 Å². The number of methoxy groups -OCH3 is 1. The van der Waals surface area contributed by atoms with Gasteiger partial charge in [0.15, 0.2) is 0 Å². The lowest BCUT2D eigenvalue weighted by Gasteiger charge is -2.21. The topological polar surface area (TPSA) is 47.6 Å². The van der Waals surface area contributed by atoms with Crippen LogP contribution >= 0.6 is 0 Å². The molecule has 2 N–H and O–H groups in total. The molecule has 19 heavy (non-hydrogen) atoms. The second-order valence-corrected chi connectivity index (χ2v) is 5.24. The number of rotatable bonds is 5. The van der Waals surface area contributed by atoms with E-state index in [0.29, 0.717) is 5.92 Å². The fourth-order valence-corrected chi connectivity index (χ4v) is 2.67. The SMILES string of the molecule is COCCc1ccccc1N=C(N)C1CCCCC1. The highest BCUT2D eigenvalue weighted by Gasteiger charge is 2.17. The van der Waals surface area contributed by atoms with Gasteiger partial charge in [0, 0.05) is 13.0 Å². The highest BCUT2D eigenvalue weighted by Crippen LogP contribution is 2.26. The number of para-hydroxylation sites is 1. The van der Waals surface area contributed by atoms with Gasteiger partial charge >= 0.3 is 0 Å². The molecule has 1 aromatic rings. The van der Waals surface area contributed by atoms with Crippen LogP contribution in [0.5, 0.6) is 0 Å². The summed E-state index contributed by atoms with van der Waals surface area (Å²) in [5.41, 5.74) is 8.41. The van der Waals surface area contributed by atoms with Crippen LogP contribution in [0.4, 0.5) is 5.69 Å². The van der Waals surface area contributed by atoms with Crippen molar-refractivity contribution in [2.45, 2.75) is 38.5 Å². The highest BCUT2D eigenvalue weighted by atomic mass is 16.5. The minimum Gasteiger partial charge on any atom is -0.387 e. The predicted octanol–water partition coefficient (Wildman–Crippen LogP) is 3.44. The van der Waals surface area contributed by atoms with E-state index in [-0.39, 0.29) is 0 Å². The molecule has 0 atom stereocenters. The minimum atomic E-state index is 0.476. The van der Waals surface area contributed by atoms with Crippen molar-refractivity contribution in [1.82, 2.24) is 0 Å². The summed E-state index contributed by atoms with van der Waals surface area (Å²) in [4.78, 5) is 4.67. The van der Waals surface area contributed by atoms with Crippen LogP contribution in [-0.4, -0.2) is 19.6 Å². The van der Waals surface area contributed by atoms with Gasteiger partial charge in [0.05, 0.1) is 12.3 Å². The molecule has 2 rings (SSSR count). The van der Waals surface area contributed by atoms with Crippen molar-refractivity contribution < 1.29 is 4.74 Å². The fourth-order valence-electron chi connectivity index (χ4n) is 2.67. The first-order chi connectivity index (χ1) is 9.31. The average molecular weight is 260 g/mol. The first-order valence-electron chi connectivity index (χ1n) is 7.22. The van der Waals surface area contributed by atoms with E-state index in [1.165, 1.54) is 37.7 Å². The Morgan fingerprint density at radius 3 is 2.74 bits per heavy atom. The molecule has 1 aliphatic rings. The molecule has 1 aliphatic carbocycles. The van der Waals surface area contributed by atoms with Crippen molar-refractivity contribution in [1.29, 1.82) is 0 Å². The Morgan fingerprint density at radius 2 is 2.00 bits per heavy atom. The molecule has 0 radical (unpaired) electrons. The van der Waals surface area contributed by atoms with Gasteiger partial charge in [0.2, 0.25) is 0 Å². The molecule has 1 saturated carbocycles. The van der Waals surface area contributed by atoms with Crippen molar-refractivity contribution in [3.8, 4) is 0 Å². The Morgan fingerprint density at radius 1 is 1.26 bits per heavy atom.